The minimum absolute atomic E-state index is 0.0644. The van der Waals surface area contributed by atoms with E-state index in [0.717, 1.165) is 42.4 Å². The van der Waals surface area contributed by atoms with Crippen LogP contribution in [-0.4, -0.2) is 55.2 Å². The smallest absolute Gasteiger partial charge is 0.311 e. The second-order valence-corrected chi connectivity index (χ2v) is 10.6. The van der Waals surface area contributed by atoms with Crippen LogP contribution < -0.4 is 4.90 Å². The molecule has 3 spiro atoms. The molecule has 3 aliphatic carbocycles. The van der Waals surface area contributed by atoms with Crippen molar-refractivity contribution in [3.63, 3.8) is 0 Å². The molecule has 5 nitrogen and oxygen atoms in total. The third kappa shape index (κ3) is 1.68. The van der Waals surface area contributed by atoms with Gasteiger partial charge in [-0.2, -0.15) is 0 Å². The van der Waals surface area contributed by atoms with Gasteiger partial charge in [0, 0.05) is 24.4 Å². The number of ether oxygens (including phenoxy) is 1. The van der Waals surface area contributed by atoms with Crippen LogP contribution in [0.1, 0.15) is 51.0 Å². The number of hydrogen-bond acceptors (Lipinski definition) is 3. The van der Waals surface area contributed by atoms with Crippen LogP contribution in [0, 0.1) is 11.3 Å². The maximum absolute atomic E-state index is 13.3. The van der Waals surface area contributed by atoms with Gasteiger partial charge in [0.15, 0.2) is 0 Å². The summed E-state index contributed by atoms with van der Waals surface area (Å²) in [5.74, 6) is -0.291. The summed E-state index contributed by atoms with van der Waals surface area (Å²) in [5.41, 5.74) is 1.94. The number of esters is 1. The van der Waals surface area contributed by atoms with Crippen LogP contribution in [0.5, 0.6) is 0 Å². The van der Waals surface area contributed by atoms with E-state index in [1.54, 1.807) is 6.92 Å². The second kappa shape index (κ2) is 5.23. The summed E-state index contributed by atoms with van der Waals surface area (Å²) in [6.45, 7) is 4.04. The first kappa shape index (κ1) is 17.9. The molecule has 0 N–H and O–H groups in total. The van der Waals surface area contributed by atoms with Gasteiger partial charge in [0.2, 0.25) is 5.91 Å². The molecule has 5 heteroatoms. The van der Waals surface area contributed by atoms with Gasteiger partial charge in [0.1, 0.15) is 6.04 Å². The standard InChI is InChI=1S/C24H31N2O3/c1-16(27)25-19-8-5-4-7-17(19)23-12-14-26(2)13-6-9-22(21(23)26)10-11-24(23,25)18(15-22)20(28)29-3/h4-5,7-8,18,21H,6,9-15H2,1-3H3/q+1/t18-,21+,22+,23+,24-,26?/m0/s1. The van der Waals surface area contributed by atoms with E-state index < -0.39 is 5.54 Å². The quantitative estimate of drug-likeness (QED) is 0.542. The summed E-state index contributed by atoms with van der Waals surface area (Å²) >= 11 is 0. The lowest BCUT2D eigenvalue weighted by Crippen LogP contribution is -2.81. The minimum atomic E-state index is -0.477. The normalized spacial score (nSPS) is 46.1. The third-order valence-corrected chi connectivity index (χ3v) is 9.82. The molecule has 1 unspecified atom stereocenters. The average molecular weight is 396 g/mol. The first-order valence-electron chi connectivity index (χ1n) is 11.2. The highest BCUT2D eigenvalue weighted by atomic mass is 16.5. The highest BCUT2D eigenvalue weighted by Crippen LogP contribution is 2.77. The average Bonchev–Trinajstić information content (AvgIpc) is 3.19. The predicted octanol–water partition coefficient (Wildman–Crippen LogP) is 3.02. The molecule has 0 aromatic heterocycles. The first-order chi connectivity index (χ1) is 13.9. The summed E-state index contributed by atoms with van der Waals surface area (Å²) < 4.78 is 6.50. The Kier molecular flexibility index (Phi) is 3.24. The summed E-state index contributed by atoms with van der Waals surface area (Å²) in [6.07, 6.45) is 6.42. The maximum Gasteiger partial charge on any atom is 0.311 e. The minimum Gasteiger partial charge on any atom is -0.469 e. The number of para-hydroxylation sites is 1. The molecule has 2 saturated heterocycles. The molecule has 29 heavy (non-hydrogen) atoms. The van der Waals surface area contributed by atoms with Gasteiger partial charge >= 0.3 is 5.97 Å². The molecule has 1 aromatic rings. The summed E-state index contributed by atoms with van der Waals surface area (Å²) in [5, 5.41) is 0. The fourth-order valence-electron chi connectivity index (χ4n) is 9.45. The number of methoxy groups -OCH3 is 1. The zero-order valence-corrected chi connectivity index (χ0v) is 17.7. The highest BCUT2D eigenvalue weighted by molar-refractivity contribution is 5.99. The van der Waals surface area contributed by atoms with Crippen molar-refractivity contribution < 1.29 is 18.8 Å². The Morgan fingerprint density at radius 1 is 1.14 bits per heavy atom. The van der Waals surface area contributed by atoms with E-state index in [9.17, 15) is 9.59 Å². The molecule has 7 rings (SSSR count). The molecule has 1 aromatic carbocycles. The largest absolute Gasteiger partial charge is 0.469 e. The van der Waals surface area contributed by atoms with E-state index in [1.165, 1.54) is 32.1 Å². The van der Waals surface area contributed by atoms with E-state index in [1.807, 2.05) is 6.07 Å². The van der Waals surface area contributed by atoms with Crippen molar-refractivity contribution in [3.8, 4) is 0 Å². The number of nitrogens with zero attached hydrogens (tertiary/aromatic N) is 2. The van der Waals surface area contributed by atoms with Crippen LogP contribution in [0.4, 0.5) is 5.69 Å². The van der Waals surface area contributed by atoms with Crippen molar-refractivity contribution in [2.75, 3.05) is 32.1 Å². The predicted molar refractivity (Wildman–Crippen MR) is 109 cm³/mol. The van der Waals surface area contributed by atoms with Gasteiger partial charge in [-0.1, -0.05) is 18.2 Å². The molecule has 3 aliphatic heterocycles. The topological polar surface area (TPSA) is 46.6 Å². The molecule has 6 aliphatic rings. The van der Waals surface area contributed by atoms with Gasteiger partial charge < -0.3 is 14.1 Å². The van der Waals surface area contributed by atoms with E-state index in [4.69, 9.17) is 4.74 Å². The number of piperidine rings is 1. The number of hydrogen-bond donors (Lipinski definition) is 0. The highest BCUT2D eigenvalue weighted by Gasteiger charge is 2.85. The van der Waals surface area contributed by atoms with Crippen molar-refractivity contribution in [2.45, 2.75) is 62.4 Å². The molecular formula is C24H31N2O3+. The molecule has 3 heterocycles. The number of rotatable bonds is 1. The van der Waals surface area contributed by atoms with E-state index in [0.29, 0.717) is 6.04 Å². The lowest BCUT2D eigenvalue weighted by atomic mass is 9.38. The van der Waals surface area contributed by atoms with Crippen LogP contribution in [0.25, 0.3) is 0 Å². The Morgan fingerprint density at radius 2 is 1.93 bits per heavy atom. The first-order valence-corrected chi connectivity index (χ1v) is 11.2. The number of carbonyl (C=O) groups excluding carboxylic acids is 2. The van der Waals surface area contributed by atoms with Crippen molar-refractivity contribution in [2.24, 2.45) is 11.3 Å². The SMILES string of the molecule is COC(=O)[C@@H]1C[C@@]23CCC[N+]4(C)CC[C@@]5(c6ccccc6N(C(C)=O)[C@@]15CC2)[C@@H]34. The molecular weight excluding hydrogens is 364 g/mol. The van der Waals surface area contributed by atoms with Crippen LogP contribution in [0.15, 0.2) is 24.3 Å². The monoisotopic (exact) mass is 395 g/mol. The van der Waals surface area contributed by atoms with Crippen LogP contribution in [0.2, 0.25) is 0 Å². The van der Waals surface area contributed by atoms with Crippen molar-refractivity contribution in [1.29, 1.82) is 0 Å². The molecule has 3 saturated carbocycles. The van der Waals surface area contributed by atoms with Crippen molar-refractivity contribution >= 4 is 17.6 Å². The van der Waals surface area contributed by atoms with E-state index >= 15 is 0 Å². The van der Waals surface area contributed by atoms with Crippen molar-refractivity contribution in [1.82, 2.24) is 0 Å². The number of quaternary nitrogens is 1. The van der Waals surface area contributed by atoms with Crippen LogP contribution >= 0.6 is 0 Å². The molecule has 6 atom stereocenters. The number of fused-ring (bicyclic) bond motifs is 3. The molecule has 5 fully saturated rings. The number of benzene rings is 1. The third-order valence-electron chi connectivity index (χ3n) is 9.82. The summed E-state index contributed by atoms with van der Waals surface area (Å²) in [4.78, 5) is 28.5. The Hall–Kier alpha value is -1.88. The Morgan fingerprint density at radius 3 is 2.69 bits per heavy atom. The Bertz CT molecular complexity index is 946. The van der Waals surface area contributed by atoms with Gasteiger partial charge in [-0.3, -0.25) is 9.59 Å². The van der Waals surface area contributed by atoms with Crippen LogP contribution in [-0.2, 0) is 19.7 Å². The fourth-order valence-corrected chi connectivity index (χ4v) is 9.45. The van der Waals surface area contributed by atoms with E-state index in [2.05, 4.69) is 30.1 Å². The maximum atomic E-state index is 13.3. The van der Waals surface area contributed by atoms with Gasteiger partial charge in [0.25, 0.3) is 0 Å². The van der Waals surface area contributed by atoms with Crippen LogP contribution in [0.3, 0.4) is 0 Å². The Balaban J connectivity index is 1.72. The molecule has 0 radical (unpaired) electrons. The number of amides is 1. The zero-order chi connectivity index (χ0) is 20.2. The van der Waals surface area contributed by atoms with E-state index in [-0.39, 0.29) is 28.6 Å². The molecule has 1 amide bonds. The zero-order valence-electron chi connectivity index (χ0n) is 17.7. The number of anilines is 1. The lowest BCUT2D eigenvalue weighted by molar-refractivity contribution is -0.939. The number of likely N-dealkylation sites (N-methyl/N-ethyl adjacent to an activating group) is 1. The fraction of sp³-hybridized carbons (Fsp3) is 0.667. The van der Waals surface area contributed by atoms with Gasteiger partial charge in [-0.15, -0.1) is 0 Å². The second-order valence-electron chi connectivity index (χ2n) is 10.6. The van der Waals surface area contributed by atoms with Gasteiger partial charge in [-0.25, -0.2) is 0 Å². The number of carbonyl (C=O) groups is 2. The lowest BCUT2D eigenvalue weighted by Gasteiger charge is -2.70. The van der Waals surface area contributed by atoms with Crippen molar-refractivity contribution in [3.05, 3.63) is 29.8 Å². The molecule has 154 valence electrons. The Labute approximate surface area is 172 Å². The van der Waals surface area contributed by atoms with Gasteiger partial charge in [-0.05, 0) is 43.7 Å². The summed E-state index contributed by atoms with van der Waals surface area (Å²) in [6, 6.07) is 9.02. The summed E-state index contributed by atoms with van der Waals surface area (Å²) in [7, 11) is 3.96. The van der Waals surface area contributed by atoms with Gasteiger partial charge in [0.05, 0.1) is 44.1 Å². The molecule has 2 bridgehead atoms.